The van der Waals surface area contributed by atoms with Gasteiger partial charge in [0, 0.05) is 55.0 Å². The Balaban J connectivity index is 1.33. The zero-order valence-electron chi connectivity index (χ0n) is 24.6. The van der Waals surface area contributed by atoms with Crippen LogP contribution < -0.4 is 9.64 Å². The Labute approximate surface area is 253 Å². The third kappa shape index (κ3) is 4.76. The number of fused-ring (bicyclic) bond motifs is 3. The number of hydrogen-bond donors (Lipinski definition) is 0. The molecule has 4 aromatic rings. The number of ether oxygens (including phenoxy) is 1. The normalized spacial score (nSPS) is 23.8. The number of anilines is 1. The number of benzene rings is 3. The fourth-order valence-corrected chi connectivity index (χ4v) is 7.39. The molecule has 3 fully saturated rings. The van der Waals surface area contributed by atoms with Gasteiger partial charge in [0.05, 0.1) is 5.54 Å². The molecule has 44 heavy (non-hydrogen) atoms. The average Bonchev–Trinajstić information content (AvgIpc) is 3.55. The number of hydrogen-bond acceptors (Lipinski definition) is 6. The summed E-state index contributed by atoms with van der Waals surface area (Å²) < 4.78 is 52.4. The van der Waals surface area contributed by atoms with Crippen LogP contribution in [0.4, 0.5) is 19.0 Å². The molecule has 3 aliphatic rings. The minimum absolute atomic E-state index is 0.00739. The summed E-state index contributed by atoms with van der Waals surface area (Å²) in [6.07, 6.45) is 2.55. The summed E-state index contributed by atoms with van der Waals surface area (Å²) >= 11 is 0. The van der Waals surface area contributed by atoms with E-state index in [-0.39, 0.29) is 35.6 Å². The predicted molar refractivity (Wildman–Crippen MR) is 165 cm³/mol. The number of halogens is 3. The molecule has 0 bridgehead atoms. The number of nitrogens with zero attached hydrogens (tertiary/aromatic N) is 5. The molecule has 10 heteroatoms. The molecule has 0 radical (unpaired) electrons. The van der Waals surface area contributed by atoms with Crippen LogP contribution in [-0.4, -0.2) is 82.8 Å². The molecule has 1 amide bonds. The largest absolute Gasteiger partial charge is 0.461 e. The molecule has 3 atom stereocenters. The molecule has 3 aromatic carbocycles. The van der Waals surface area contributed by atoms with Crippen molar-refractivity contribution in [2.24, 2.45) is 0 Å². The van der Waals surface area contributed by atoms with Crippen molar-refractivity contribution in [3.8, 4) is 17.1 Å². The Bertz CT molecular complexity index is 1780. The van der Waals surface area contributed by atoms with Crippen molar-refractivity contribution in [2.45, 2.75) is 43.9 Å². The number of carbonyl (C=O) groups excluding carboxylic acids is 1. The molecule has 7 rings (SSSR count). The highest BCUT2D eigenvalue weighted by Crippen LogP contribution is 2.41. The van der Waals surface area contributed by atoms with Gasteiger partial charge in [-0.25, -0.2) is 13.2 Å². The van der Waals surface area contributed by atoms with Crippen LogP contribution in [0.15, 0.2) is 61.2 Å². The highest BCUT2D eigenvalue weighted by atomic mass is 19.1. The maximum Gasteiger partial charge on any atom is 0.319 e. The summed E-state index contributed by atoms with van der Waals surface area (Å²) in [7, 11) is 0. The fourth-order valence-electron chi connectivity index (χ4n) is 7.39. The second-order valence-corrected chi connectivity index (χ2v) is 12.2. The maximum absolute atomic E-state index is 16.6. The van der Waals surface area contributed by atoms with E-state index in [1.54, 1.807) is 47.4 Å². The van der Waals surface area contributed by atoms with E-state index in [9.17, 15) is 9.18 Å². The van der Waals surface area contributed by atoms with Crippen LogP contribution in [0.2, 0.25) is 0 Å². The molecule has 7 nitrogen and oxygen atoms in total. The Kier molecular flexibility index (Phi) is 7.19. The smallest absolute Gasteiger partial charge is 0.319 e. The van der Waals surface area contributed by atoms with E-state index in [1.165, 1.54) is 12.1 Å². The van der Waals surface area contributed by atoms with Gasteiger partial charge in [-0.05, 0) is 55.5 Å². The molecular formula is C34H34F3N5O2. The van der Waals surface area contributed by atoms with Crippen molar-refractivity contribution < 1.29 is 22.7 Å². The molecule has 4 heterocycles. The van der Waals surface area contributed by atoms with E-state index < -0.39 is 23.3 Å². The molecule has 228 valence electrons. The van der Waals surface area contributed by atoms with Gasteiger partial charge in [-0.2, -0.15) is 9.97 Å². The van der Waals surface area contributed by atoms with E-state index in [4.69, 9.17) is 9.72 Å². The van der Waals surface area contributed by atoms with Gasteiger partial charge in [-0.15, -0.1) is 0 Å². The second kappa shape index (κ2) is 11.1. The summed E-state index contributed by atoms with van der Waals surface area (Å²) in [5.74, 6) is -0.693. The Morgan fingerprint density at radius 2 is 1.89 bits per heavy atom. The summed E-state index contributed by atoms with van der Waals surface area (Å²) in [6.45, 7) is 8.34. The van der Waals surface area contributed by atoms with Crippen molar-refractivity contribution in [3.05, 3.63) is 72.8 Å². The number of rotatable bonds is 6. The lowest BCUT2D eigenvalue weighted by molar-refractivity contribution is -0.126. The fraction of sp³-hybridized carbons (Fsp3) is 0.382. The number of alkyl halides is 1. The molecule has 0 unspecified atom stereocenters. The van der Waals surface area contributed by atoms with E-state index in [1.807, 2.05) is 11.8 Å². The van der Waals surface area contributed by atoms with Crippen LogP contribution in [0.1, 0.15) is 26.2 Å². The van der Waals surface area contributed by atoms with Crippen LogP contribution in [0.3, 0.4) is 0 Å². The Morgan fingerprint density at radius 1 is 1.07 bits per heavy atom. The van der Waals surface area contributed by atoms with Gasteiger partial charge in [-0.1, -0.05) is 43.0 Å². The van der Waals surface area contributed by atoms with Crippen molar-refractivity contribution in [2.75, 3.05) is 44.2 Å². The molecule has 0 N–H and O–H groups in total. The minimum atomic E-state index is -0.913. The van der Waals surface area contributed by atoms with Gasteiger partial charge >= 0.3 is 6.01 Å². The lowest BCUT2D eigenvalue weighted by atomic mass is 9.95. The monoisotopic (exact) mass is 601 g/mol. The maximum atomic E-state index is 16.6. The number of amides is 1. The first kappa shape index (κ1) is 28.6. The summed E-state index contributed by atoms with van der Waals surface area (Å²) in [5, 5.41) is 1.48. The van der Waals surface area contributed by atoms with Gasteiger partial charge in [-0.3, -0.25) is 9.69 Å². The molecule has 0 saturated carbocycles. The van der Waals surface area contributed by atoms with Crippen LogP contribution in [-0.2, 0) is 4.79 Å². The number of piperazine rings is 1. The summed E-state index contributed by atoms with van der Waals surface area (Å²) in [5.41, 5.74) is 0.272. The Hall–Kier alpha value is -4.18. The van der Waals surface area contributed by atoms with Crippen molar-refractivity contribution >= 4 is 33.4 Å². The molecule has 0 aliphatic carbocycles. The van der Waals surface area contributed by atoms with Gasteiger partial charge in [0.1, 0.15) is 29.9 Å². The summed E-state index contributed by atoms with van der Waals surface area (Å²) in [4.78, 5) is 27.6. The van der Waals surface area contributed by atoms with Gasteiger partial charge in [0.25, 0.3) is 0 Å². The quantitative estimate of drug-likeness (QED) is 0.256. The molecule has 0 spiro atoms. The van der Waals surface area contributed by atoms with Crippen LogP contribution in [0, 0.1) is 11.6 Å². The average molecular weight is 602 g/mol. The van der Waals surface area contributed by atoms with Crippen LogP contribution >= 0.6 is 0 Å². The first-order valence-electron chi connectivity index (χ1n) is 15.2. The lowest BCUT2D eigenvalue weighted by Crippen LogP contribution is -2.53. The lowest BCUT2D eigenvalue weighted by Gasteiger charge is -2.40. The van der Waals surface area contributed by atoms with Crippen molar-refractivity contribution in [3.63, 3.8) is 0 Å². The third-order valence-electron chi connectivity index (χ3n) is 9.53. The number of aromatic nitrogens is 2. The number of carbonyl (C=O) groups is 1. The van der Waals surface area contributed by atoms with Crippen molar-refractivity contribution in [1.82, 2.24) is 19.8 Å². The zero-order valence-corrected chi connectivity index (χ0v) is 24.6. The molecular weight excluding hydrogens is 567 g/mol. The van der Waals surface area contributed by atoms with E-state index >= 15 is 8.78 Å². The second-order valence-electron chi connectivity index (χ2n) is 12.2. The molecule has 3 aliphatic heterocycles. The van der Waals surface area contributed by atoms with Crippen molar-refractivity contribution in [1.29, 1.82) is 0 Å². The Morgan fingerprint density at radius 3 is 2.68 bits per heavy atom. The van der Waals surface area contributed by atoms with Gasteiger partial charge in [0.15, 0.2) is 5.82 Å². The molecule has 3 saturated heterocycles. The van der Waals surface area contributed by atoms with Gasteiger partial charge < -0.3 is 14.5 Å². The zero-order chi connectivity index (χ0) is 30.6. The standard InChI is InChI=1S/C34H34F3N5O2/c1-3-28(43)40-15-16-42(21(2)18-40)32-26-12-11-25(24-9-4-7-22-8-5-10-27(36)29(22)24)30(37)31(26)38-33(39-32)44-20-34-13-6-14-41(34)19-23(35)17-34/h3-5,7-12,21,23H,1,6,13-20H2,2H3/t21-,23-,34+/m1/s1. The first-order chi connectivity index (χ1) is 21.3. The first-order valence-corrected chi connectivity index (χ1v) is 15.2. The molecule has 1 aromatic heterocycles. The predicted octanol–water partition coefficient (Wildman–Crippen LogP) is 5.91. The van der Waals surface area contributed by atoms with Crippen LogP contribution in [0.5, 0.6) is 6.01 Å². The SMILES string of the molecule is C=CC(=O)N1CCN(c2nc(OC[C@@]34CCCN3C[C@H](F)C4)nc3c(F)c(-c4cccc5cccc(F)c45)ccc23)[C@H](C)C1. The van der Waals surface area contributed by atoms with Gasteiger partial charge in [0.2, 0.25) is 5.91 Å². The topological polar surface area (TPSA) is 61.8 Å². The summed E-state index contributed by atoms with van der Waals surface area (Å²) in [6, 6.07) is 13.3. The highest BCUT2D eigenvalue weighted by Gasteiger charge is 2.49. The minimum Gasteiger partial charge on any atom is -0.461 e. The third-order valence-corrected chi connectivity index (χ3v) is 9.53. The van der Waals surface area contributed by atoms with E-state index in [2.05, 4.69) is 16.5 Å². The van der Waals surface area contributed by atoms with E-state index in [0.717, 1.165) is 19.4 Å². The highest BCUT2D eigenvalue weighted by molar-refractivity contribution is 6.01. The van der Waals surface area contributed by atoms with E-state index in [0.29, 0.717) is 60.1 Å². The van der Waals surface area contributed by atoms with Crippen LogP contribution in [0.25, 0.3) is 32.8 Å².